The van der Waals surface area contributed by atoms with E-state index >= 15 is 0 Å². The van der Waals surface area contributed by atoms with Crippen LogP contribution >= 0.6 is 11.6 Å². The Morgan fingerprint density at radius 1 is 1.61 bits per heavy atom. The zero-order valence-electron chi connectivity index (χ0n) is 10.1. The van der Waals surface area contributed by atoms with E-state index in [-0.39, 0.29) is 16.3 Å². The normalized spacial score (nSPS) is 23.0. The zero-order valence-corrected chi connectivity index (χ0v) is 10.9. The molecule has 0 spiro atoms. The van der Waals surface area contributed by atoms with Crippen LogP contribution in [0.1, 0.15) is 19.8 Å². The Bertz CT molecular complexity index is 459. The molecule has 2 rings (SSSR count). The maximum atomic E-state index is 11.0. The van der Waals surface area contributed by atoms with E-state index < -0.39 is 4.92 Å². The predicted octanol–water partition coefficient (Wildman–Crippen LogP) is 3.23. The topological polar surface area (TPSA) is 64.4 Å². The molecule has 0 amide bonds. The van der Waals surface area contributed by atoms with E-state index in [2.05, 4.69) is 5.32 Å². The summed E-state index contributed by atoms with van der Waals surface area (Å²) in [5.74, 6) is 0. The van der Waals surface area contributed by atoms with Gasteiger partial charge in [0.05, 0.1) is 10.5 Å². The van der Waals surface area contributed by atoms with Crippen molar-refractivity contribution in [3.8, 4) is 0 Å². The lowest BCUT2D eigenvalue weighted by atomic mass is 10.0. The number of halogens is 1. The third-order valence-electron chi connectivity index (χ3n) is 3.12. The summed E-state index contributed by atoms with van der Waals surface area (Å²) >= 11 is 5.84. The molecule has 98 valence electrons. The van der Waals surface area contributed by atoms with Crippen molar-refractivity contribution in [1.29, 1.82) is 0 Å². The number of para-hydroxylation sites is 1. The average molecular weight is 271 g/mol. The molecule has 1 saturated heterocycles. The van der Waals surface area contributed by atoms with E-state index in [1.165, 1.54) is 6.07 Å². The van der Waals surface area contributed by atoms with Crippen molar-refractivity contribution in [2.75, 3.05) is 18.5 Å². The molecule has 0 saturated carbocycles. The average Bonchev–Trinajstić information content (AvgIpc) is 2.73. The second-order valence-corrected chi connectivity index (χ2v) is 5.06. The molecule has 1 heterocycles. The Hall–Kier alpha value is -1.33. The fourth-order valence-electron chi connectivity index (χ4n) is 2.10. The van der Waals surface area contributed by atoms with Gasteiger partial charge in [0.2, 0.25) is 0 Å². The number of anilines is 1. The van der Waals surface area contributed by atoms with Gasteiger partial charge in [-0.2, -0.15) is 0 Å². The van der Waals surface area contributed by atoms with Gasteiger partial charge in [-0.15, -0.1) is 0 Å². The van der Waals surface area contributed by atoms with Crippen LogP contribution in [0.15, 0.2) is 18.2 Å². The van der Waals surface area contributed by atoms with E-state index in [4.69, 9.17) is 16.3 Å². The standard InChI is InChI=1S/C12H15ClN2O3/c1-12(6-3-7-18-12)8-14-10-5-2-4-9(13)11(10)15(16)17/h2,4-5,14H,3,6-8H2,1H3. The quantitative estimate of drug-likeness (QED) is 0.674. The molecule has 1 aromatic carbocycles. The molecule has 1 aliphatic rings. The number of nitrogens with one attached hydrogen (secondary N) is 1. The Morgan fingerprint density at radius 3 is 3.00 bits per heavy atom. The predicted molar refractivity (Wildman–Crippen MR) is 70.2 cm³/mol. The monoisotopic (exact) mass is 270 g/mol. The lowest BCUT2D eigenvalue weighted by Crippen LogP contribution is -2.32. The highest BCUT2D eigenvalue weighted by atomic mass is 35.5. The van der Waals surface area contributed by atoms with Gasteiger partial charge in [-0.25, -0.2) is 0 Å². The van der Waals surface area contributed by atoms with Gasteiger partial charge in [-0.1, -0.05) is 17.7 Å². The number of rotatable bonds is 4. The van der Waals surface area contributed by atoms with Crippen molar-refractivity contribution >= 4 is 23.0 Å². The summed E-state index contributed by atoms with van der Waals surface area (Å²) in [6, 6.07) is 4.86. The van der Waals surface area contributed by atoms with Gasteiger partial charge in [0.25, 0.3) is 0 Å². The second kappa shape index (κ2) is 5.12. The third-order valence-corrected chi connectivity index (χ3v) is 3.43. The van der Waals surface area contributed by atoms with Gasteiger partial charge < -0.3 is 10.1 Å². The molecule has 0 bridgehead atoms. The number of nitro groups is 1. The summed E-state index contributed by atoms with van der Waals surface area (Å²) in [5, 5.41) is 14.2. The number of nitrogens with zero attached hydrogens (tertiary/aromatic N) is 1. The lowest BCUT2D eigenvalue weighted by molar-refractivity contribution is -0.383. The third kappa shape index (κ3) is 2.73. The largest absolute Gasteiger partial charge is 0.377 e. The highest BCUT2D eigenvalue weighted by Crippen LogP contribution is 2.33. The van der Waals surface area contributed by atoms with E-state index in [1.807, 2.05) is 6.92 Å². The number of hydrogen-bond donors (Lipinski definition) is 1. The Labute approximate surface area is 110 Å². The Kier molecular flexibility index (Phi) is 3.73. The number of ether oxygens (including phenoxy) is 1. The van der Waals surface area contributed by atoms with Crippen molar-refractivity contribution in [1.82, 2.24) is 0 Å². The smallest absolute Gasteiger partial charge is 0.310 e. The summed E-state index contributed by atoms with van der Waals surface area (Å²) < 4.78 is 5.63. The Balaban J connectivity index is 2.14. The summed E-state index contributed by atoms with van der Waals surface area (Å²) in [7, 11) is 0. The van der Waals surface area contributed by atoms with Crippen LogP contribution in [0.5, 0.6) is 0 Å². The summed E-state index contributed by atoms with van der Waals surface area (Å²) in [4.78, 5) is 10.5. The molecule has 18 heavy (non-hydrogen) atoms. The molecule has 0 radical (unpaired) electrons. The maximum Gasteiger partial charge on any atom is 0.310 e. The van der Waals surface area contributed by atoms with Crippen molar-refractivity contribution < 1.29 is 9.66 Å². The Morgan fingerprint density at radius 2 is 2.39 bits per heavy atom. The molecule has 1 unspecified atom stereocenters. The molecular formula is C12H15ClN2O3. The number of benzene rings is 1. The second-order valence-electron chi connectivity index (χ2n) is 4.65. The fourth-order valence-corrected chi connectivity index (χ4v) is 2.35. The van der Waals surface area contributed by atoms with Crippen LogP contribution in [0.4, 0.5) is 11.4 Å². The molecule has 1 N–H and O–H groups in total. The molecule has 0 aliphatic carbocycles. The molecule has 1 aromatic rings. The molecule has 0 aromatic heterocycles. The van der Waals surface area contributed by atoms with E-state index in [9.17, 15) is 10.1 Å². The first-order valence-corrected chi connectivity index (χ1v) is 6.20. The van der Waals surface area contributed by atoms with Gasteiger partial charge in [0.15, 0.2) is 0 Å². The minimum absolute atomic E-state index is 0.0826. The van der Waals surface area contributed by atoms with E-state index in [0.29, 0.717) is 12.2 Å². The first kappa shape index (κ1) is 13.1. The van der Waals surface area contributed by atoms with Gasteiger partial charge in [-0.05, 0) is 31.9 Å². The highest BCUT2D eigenvalue weighted by Gasteiger charge is 2.30. The van der Waals surface area contributed by atoms with Crippen molar-refractivity contribution in [3.05, 3.63) is 33.3 Å². The molecule has 1 aliphatic heterocycles. The van der Waals surface area contributed by atoms with Crippen molar-refractivity contribution in [2.45, 2.75) is 25.4 Å². The first-order chi connectivity index (χ1) is 8.52. The summed E-state index contributed by atoms with van der Waals surface area (Å²) in [6.07, 6.45) is 1.98. The minimum atomic E-state index is -0.470. The van der Waals surface area contributed by atoms with Crippen LogP contribution in [0.3, 0.4) is 0 Å². The van der Waals surface area contributed by atoms with Crippen LogP contribution in [0, 0.1) is 10.1 Å². The van der Waals surface area contributed by atoms with Crippen LogP contribution in [0.25, 0.3) is 0 Å². The SMILES string of the molecule is CC1(CNc2cccc(Cl)c2[N+](=O)[O-])CCCO1. The van der Waals surface area contributed by atoms with E-state index in [0.717, 1.165) is 19.4 Å². The zero-order chi connectivity index (χ0) is 13.2. The van der Waals surface area contributed by atoms with E-state index in [1.54, 1.807) is 12.1 Å². The lowest BCUT2D eigenvalue weighted by Gasteiger charge is -2.23. The van der Waals surface area contributed by atoms with Crippen molar-refractivity contribution in [3.63, 3.8) is 0 Å². The van der Waals surface area contributed by atoms with Crippen LogP contribution in [0.2, 0.25) is 5.02 Å². The van der Waals surface area contributed by atoms with Crippen LogP contribution in [-0.2, 0) is 4.74 Å². The molecule has 5 nitrogen and oxygen atoms in total. The number of nitro benzene ring substituents is 1. The van der Waals surface area contributed by atoms with Gasteiger partial charge >= 0.3 is 5.69 Å². The van der Waals surface area contributed by atoms with Gasteiger partial charge in [0, 0.05) is 13.2 Å². The van der Waals surface area contributed by atoms with Crippen molar-refractivity contribution in [2.24, 2.45) is 0 Å². The first-order valence-electron chi connectivity index (χ1n) is 5.83. The van der Waals surface area contributed by atoms with Crippen LogP contribution < -0.4 is 5.32 Å². The summed E-state index contributed by atoms with van der Waals surface area (Å²) in [5.41, 5.74) is 0.0981. The molecule has 6 heteroatoms. The molecule has 1 fully saturated rings. The summed E-state index contributed by atoms with van der Waals surface area (Å²) in [6.45, 7) is 3.29. The van der Waals surface area contributed by atoms with Crippen LogP contribution in [-0.4, -0.2) is 23.7 Å². The highest BCUT2D eigenvalue weighted by molar-refractivity contribution is 6.33. The van der Waals surface area contributed by atoms with Gasteiger partial charge in [0.1, 0.15) is 10.7 Å². The molecule has 1 atom stereocenters. The van der Waals surface area contributed by atoms with Gasteiger partial charge in [-0.3, -0.25) is 10.1 Å². The molecular weight excluding hydrogens is 256 g/mol. The fraction of sp³-hybridized carbons (Fsp3) is 0.500. The maximum absolute atomic E-state index is 11.0. The minimum Gasteiger partial charge on any atom is -0.377 e. The number of hydrogen-bond acceptors (Lipinski definition) is 4.